The summed E-state index contributed by atoms with van der Waals surface area (Å²) >= 11 is 0. The summed E-state index contributed by atoms with van der Waals surface area (Å²) in [6.45, 7) is 2.20. The predicted octanol–water partition coefficient (Wildman–Crippen LogP) is 1.16. The van der Waals surface area contributed by atoms with Gasteiger partial charge in [0.15, 0.2) is 5.96 Å². The van der Waals surface area contributed by atoms with Crippen molar-refractivity contribution in [1.82, 2.24) is 14.9 Å². The van der Waals surface area contributed by atoms with Crippen molar-refractivity contribution in [2.75, 3.05) is 32.9 Å². The van der Waals surface area contributed by atoms with Crippen LogP contribution < -0.4 is 10.6 Å². The highest BCUT2D eigenvalue weighted by atomic mass is 32.2. The molecule has 2 N–H and O–H groups in total. The molecule has 24 heavy (non-hydrogen) atoms. The summed E-state index contributed by atoms with van der Waals surface area (Å²) in [7, 11) is -1.42. The molecule has 1 aliphatic heterocycles. The lowest BCUT2D eigenvalue weighted by atomic mass is 9.98. The van der Waals surface area contributed by atoms with E-state index in [-0.39, 0.29) is 5.82 Å². The van der Waals surface area contributed by atoms with Gasteiger partial charge in [0.05, 0.1) is 6.26 Å². The van der Waals surface area contributed by atoms with Gasteiger partial charge in [0.25, 0.3) is 0 Å². The summed E-state index contributed by atoms with van der Waals surface area (Å²) in [5.41, 5.74) is 0.585. The van der Waals surface area contributed by atoms with Crippen molar-refractivity contribution in [3.63, 3.8) is 0 Å². The number of sulfonamides is 1. The molecule has 0 radical (unpaired) electrons. The Kier molecular flexibility index (Phi) is 6.56. The van der Waals surface area contributed by atoms with E-state index in [4.69, 9.17) is 0 Å². The van der Waals surface area contributed by atoms with Crippen molar-refractivity contribution in [1.29, 1.82) is 0 Å². The largest absolute Gasteiger partial charge is 0.356 e. The van der Waals surface area contributed by atoms with Gasteiger partial charge in [0, 0.05) is 38.8 Å². The molecular formula is C16H25FN4O2S. The van der Waals surface area contributed by atoms with Crippen molar-refractivity contribution in [3.05, 3.63) is 35.6 Å². The third-order valence-corrected chi connectivity index (χ3v) is 5.53. The standard InChI is InChI=1S/C16H25FN4O2S/c1-18-16(20-12-14-5-3-4-6-15(14)17)19-11-13-7-9-21(10-8-13)24(2,22)23/h3-6,13H,7-12H2,1-2H3,(H2,18,19,20). The second kappa shape index (κ2) is 8.43. The van der Waals surface area contributed by atoms with E-state index in [0.29, 0.717) is 43.6 Å². The van der Waals surface area contributed by atoms with Crippen LogP contribution in [0.15, 0.2) is 29.3 Å². The fourth-order valence-electron chi connectivity index (χ4n) is 2.73. The Morgan fingerprint density at radius 3 is 2.54 bits per heavy atom. The van der Waals surface area contributed by atoms with Crippen molar-refractivity contribution >= 4 is 16.0 Å². The smallest absolute Gasteiger partial charge is 0.211 e. The average Bonchev–Trinajstić information content (AvgIpc) is 2.56. The van der Waals surface area contributed by atoms with Gasteiger partial charge in [0.2, 0.25) is 10.0 Å². The number of piperidine rings is 1. The lowest BCUT2D eigenvalue weighted by Crippen LogP contribution is -2.43. The molecule has 0 saturated carbocycles. The number of hydrogen-bond acceptors (Lipinski definition) is 3. The third-order valence-electron chi connectivity index (χ3n) is 4.23. The van der Waals surface area contributed by atoms with Gasteiger partial charge in [-0.2, -0.15) is 0 Å². The van der Waals surface area contributed by atoms with Crippen LogP contribution in [-0.2, 0) is 16.6 Å². The van der Waals surface area contributed by atoms with E-state index in [1.54, 1.807) is 25.2 Å². The molecule has 0 atom stereocenters. The average molecular weight is 356 g/mol. The molecule has 6 nitrogen and oxygen atoms in total. The van der Waals surface area contributed by atoms with E-state index in [9.17, 15) is 12.8 Å². The summed E-state index contributed by atoms with van der Waals surface area (Å²) in [5.74, 6) is 0.771. The van der Waals surface area contributed by atoms with Crippen LogP contribution in [-0.4, -0.2) is 51.6 Å². The molecule has 1 heterocycles. The maximum atomic E-state index is 13.6. The first-order valence-electron chi connectivity index (χ1n) is 8.03. The molecular weight excluding hydrogens is 331 g/mol. The summed E-state index contributed by atoms with van der Waals surface area (Å²) in [6, 6.07) is 6.62. The number of halogens is 1. The summed E-state index contributed by atoms with van der Waals surface area (Å²) in [6.07, 6.45) is 2.90. The van der Waals surface area contributed by atoms with Crippen LogP contribution in [0.4, 0.5) is 4.39 Å². The van der Waals surface area contributed by atoms with Gasteiger partial charge >= 0.3 is 0 Å². The summed E-state index contributed by atoms with van der Waals surface area (Å²) in [5, 5.41) is 6.32. The molecule has 0 unspecified atom stereocenters. The first-order chi connectivity index (χ1) is 11.4. The van der Waals surface area contributed by atoms with E-state index in [1.807, 2.05) is 0 Å². The lowest BCUT2D eigenvalue weighted by molar-refractivity contribution is 0.275. The van der Waals surface area contributed by atoms with E-state index in [0.717, 1.165) is 12.8 Å². The zero-order valence-corrected chi connectivity index (χ0v) is 14.9. The molecule has 1 fully saturated rings. The van der Waals surface area contributed by atoms with Crippen LogP contribution in [0.3, 0.4) is 0 Å². The minimum atomic E-state index is -3.09. The summed E-state index contributed by atoms with van der Waals surface area (Å²) in [4.78, 5) is 4.14. The Hall–Kier alpha value is -1.67. The van der Waals surface area contributed by atoms with Crippen molar-refractivity contribution in [2.45, 2.75) is 19.4 Å². The van der Waals surface area contributed by atoms with Gasteiger partial charge in [-0.05, 0) is 24.8 Å². The Bertz CT molecular complexity index is 670. The Balaban J connectivity index is 1.76. The fourth-order valence-corrected chi connectivity index (χ4v) is 3.60. The number of guanidine groups is 1. The Morgan fingerprint density at radius 1 is 1.29 bits per heavy atom. The highest BCUT2D eigenvalue weighted by Gasteiger charge is 2.24. The normalized spacial score (nSPS) is 17.7. The number of nitrogens with one attached hydrogen (secondary N) is 2. The maximum absolute atomic E-state index is 13.6. The molecule has 1 aromatic carbocycles. The number of rotatable bonds is 5. The molecule has 0 aliphatic carbocycles. The van der Waals surface area contributed by atoms with Crippen LogP contribution in [0.25, 0.3) is 0 Å². The lowest BCUT2D eigenvalue weighted by Gasteiger charge is -2.30. The first kappa shape index (κ1) is 18.7. The molecule has 0 amide bonds. The molecule has 1 aromatic rings. The van der Waals surface area contributed by atoms with Crippen molar-refractivity contribution < 1.29 is 12.8 Å². The molecule has 0 spiro atoms. The zero-order chi connectivity index (χ0) is 17.6. The van der Waals surface area contributed by atoms with Crippen molar-refractivity contribution in [3.8, 4) is 0 Å². The number of nitrogens with zero attached hydrogens (tertiary/aromatic N) is 2. The first-order valence-corrected chi connectivity index (χ1v) is 9.88. The van der Waals surface area contributed by atoms with Crippen LogP contribution in [0.1, 0.15) is 18.4 Å². The van der Waals surface area contributed by atoms with Gasteiger partial charge in [-0.15, -0.1) is 0 Å². The third kappa shape index (κ3) is 5.45. The van der Waals surface area contributed by atoms with E-state index in [1.165, 1.54) is 16.6 Å². The number of aliphatic imine (C=N–C) groups is 1. The molecule has 8 heteroatoms. The molecule has 1 saturated heterocycles. The molecule has 1 aliphatic rings. The van der Waals surface area contributed by atoms with Gasteiger partial charge in [-0.1, -0.05) is 18.2 Å². The zero-order valence-electron chi connectivity index (χ0n) is 14.1. The highest BCUT2D eigenvalue weighted by Crippen LogP contribution is 2.18. The van der Waals surface area contributed by atoms with E-state index < -0.39 is 10.0 Å². The fraction of sp³-hybridized carbons (Fsp3) is 0.562. The number of benzene rings is 1. The second-order valence-electron chi connectivity index (χ2n) is 6.00. The minimum absolute atomic E-state index is 0.242. The quantitative estimate of drug-likeness (QED) is 0.613. The second-order valence-corrected chi connectivity index (χ2v) is 7.99. The van der Waals surface area contributed by atoms with Crippen LogP contribution in [0.5, 0.6) is 0 Å². The highest BCUT2D eigenvalue weighted by molar-refractivity contribution is 7.88. The summed E-state index contributed by atoms with van der Waals surface area (Å²) < 4.78 is 38.1. The van der Waals surface area contributed by atoms with Gasteiger partial charge < -0.3 is 10.6 Å². The van der Waals surface area contributed by atoms with Crippen molar-refractivity contribution in [2.24, 2.45) is 10.9 Å². The Morgan fingerprint density at radius 2 is 1.96 bits per heavy atom. The van der Waals surface area contributed by atoms with E-state index in [2.05, 4.69) is 15.6 Å². The minimum Gasteiger partial charge on any atom is -0.356 e. The van der Waals surface area contributed by atoms with E-state index >= 15 is 0 Å². The monoisotopic (exact) mass is 356 g/mol. The SMILES string of the molecule is CN=C(NCc1ccccc1F)NCC1CCN(S(C)(=O)=O)CC1. The molecule has 0 bridgehead atoms. The van der Waals surface area contributed by atoms with Crippen LogP contribution in [0, 0.1) is 11.7 Å². The van der Waals surface area contributed by atoms with Gasteiger partial charge in [0.1, 0.15) is 5.82 Å². The molecule has 2 rings (SSSR count). The maximum Gasteiger partial charge on any atom is 0.211 e. The molecule has 0 aromatic heterocycles. The Labute approximate surface area is 143 Å². The van der Waals surface area contributed by atoms with Crippen LogP contribution >= 0.6 is 0 Å². The van der Waals surface area contributed by atoms with Gasteiger partial charge in [-0.25, -0.2) is 17.1 Å². The van der Waals surface area contributed by atoms with Gasteiger partial charge in [-0.3, -0.25) is 4.99 Å². The number of hydrogen-bond donors (Lipinski definition) is 2. The molecule has 134 valence electrons. The van der Waals surface area contributed by atoms with Crippen LogP contribution in [0.2, 0.25) is 0 Å². The topological polar surface area (TPSA) is 73.8 Å². The predicted molar refractivity (Wildman–Crippen MR) is 93.7 cm³/mol.